The average molecular weight is 317 g/mol. The van der Waals surface area contributed by atoms with E-state index < -0.39 is 10.2 Å². The lowest BCUT2D eigenvalue weighted by atomic mass is 9.96. The fourth-order valence-electron chi connectivity index (χ4n) is 3.59. The lowest BCUT2D eigenvalue weighted by Crippen LogP contribution is -2.54. The van der Waals surface area contributed by atoms with E-state index in [1.165, 1.54) is 6.42 Å². The van der Waals surface area contributed by atoms with Gasteiger partial charge in [0.1, 0.15) is 0 Å². The van der Waals surface area contributed by atoms with Crippen LogP contribution < -0.4 is 5.32 Å². The highest BCUT2D eigenvalue weighted by Crippen LogP contribution is 2.27. The molecule has 6 heteroatoms. The van der Waals surface area contributed by atoms with Crippen LogP contribution in [0.15, 0.2) is 0 Å². The minimum Gasteiger partial charge on any atom is -0.315 e. The van der Waals surface area contributed by atoms with Crippen molar-refractivity contribution in [1.82, 2.24) is 13.9 Å². The largest absolute Gasteiger partial charge is 0.315 e. The van der Waals surface area contributed by atoms with Crippen LogP contribution in [0, 0.1) is 0 Å². The summed E-state index contributed by atoms with van der Waals surface area (Å²) in [4.78, 5) is 0. The summed E-state index contributed by atoms with van der Waals surface area (Å²) in [6, 6.07) is 0.320. The molecule has 1 unspecified atom stereocenters. The average Bonchev–Trinajstić information content (AvgIpc) is 2.53. The number of nitrogens with one attached hydrogen (secondary N) is 1. The van der Waals surface area contributed by atoms with Crippen molar-refractivity contribution in [3.8, 4) is 0 Å². The normalized spacial score (nSPS) is 26.3. The molecule has 124 valence electrons. The Morgan fingerprint density at radius 2 is 1.76 bits per heavy atom. The summed E-state index contributed by atoms with van der Waals surface area (Å²) in [6.07, 6.45) is 8.69. The van der Waals surface area contributed by atoms with Crippen molar-refractivity contribution >= 4 is 10.2 Å². The Labute approximate surface area is 130 Å². The van der Waals surface area contributed by atoms with Crippen LogP contribution in [0.25, 0.3) is 0 Å². The van der Waals surface area contributed by atoms with Gasteiger partial charge in [-0.15, -0.1) is 0 Å². The van der Waals surface area contributed by atoms with Crippen molar-refractivity contribution in [2.45, 2.75) is 70.4 Å². The third-order valence-corrected chi connectivity index (χ3v) is 7.05. The summed E-state index contributed by atoms with van der Waals surface area (Å²) >= 11 is 0. The van der Waals surface area contributed by atoms with Crippen LogP contribution in [-0.2, 0) is 10.2 Å². The van der Waals surface area contributed by atoms with E-state index in [1.54, 1.807) is 15.7 Å². The molecule has 1 aliphatic carbocycles. The number of rotatable bonds is 6. The molecule has 1 saturated carbocycles. The summed E-state index contributed by atoms with van der Waals surface area (Å²) in [5.74, 6) is 0. The zero-order chi connectivity index (χ0) is 15.3. The van der Waals surface area contributed by atoms with E-state index >= 15 is 0 Å². The summed E-state index contributed by atoms with van der Waals surface area (Å²) in [5, 5.41) is 3.31. The lowest BCUT2D eigenvalue weighted by molar-refractivity contribution is 0.210. The summed E-state index contributed by atoms with van der Waals surface area (Å²) < 4.78 is 29.4. The maximum atomic E-state index is 13.0. The van der Waals surface area contributed by atoms with Gasteiger partial charge >= 0.3 is 0 Å². The van der Waals surface area contributed by atoms with Crippen LogP contribution in [-0.4, -0.2) is 55.8 Å². The molecule has 0 aromatic heterocycles. The second kappa shape index (κ2) is 7.90. The molecule has 2 rings (SSSR count). The predicted octanol–water partition coefficient (Wildman–Crippen LogP) is 1.96. The van der Waals surface area contributed by atoms with Gasteiger partial charge in [-0.2, -0.15) is 17.0 Å². The Morgan fingerprint density at radius 1 is 1.10 bits per heavy atom. The SMILES string of the molecule is CCNCC1CCCCN1S(=O)(=O)N(C)C1CCCCC1. The molecule has 1 saturated heterocycles. The Balaban J connectivity index is 2.07. The molecular formula is C15H31N3O2S. The molecule has 1 N–H and O–H groups in total. The Morgan fingerprint density at radius 3 is 2.43 bits per heavy atom. The van der Waals surface area contributed by atoms with E-state index in [1.807, 2.05) is 0 Å². The van der Waals surface area contributed by atoms with Crippen molar-refractivity contribution in [1.29, 1.82) is 0 Å². The van der Waals surface area contributed by atoms with Gasteiger partial charge < -0.3 is 5.32 Å². The maximum Gasteiger partial charge on any atom is 0.282 e. The zero-order valence-corrected chi connectivity index (χ0v) is 14.4. The number of piperidine rings is 1. The second-order valence-electron chi connectivity index (χ2n) is 6.38. The van der Waals surface area contributed by atoms with Gasteiger partial charge in [-0.1, -0.05) is 32.6 Å². The van der Waals surface area contributed by atoms with E-state index in [0.717, 1.165) is 58.0 Å². The van der Waals surface area contributed by atoms with Crippen molar-refractivity contribution in [2.24, 2.45) is 0 Å². The minimum absolute atomic E-state index is 0.120. The van der Waals surface area contributed by atoms with E-state index in [-0.39, 0.29) is 12.1 Å². The number of hydrogen-bond acceptors (Lipinski definition) is 3. The predicted molar refractivity (Wildman–Crippen MR) is 86.4 cm³/mol. The van der Waals surface area contributed by atoms with E-state index in [0.29, 0.717) is 6.54 Å². The first kappa shape index (κ1) is 17.2. The highest BCUT2D eigenvalue weighted by atomic mass is 32.2. The van der Waals surface area contributed by atoms with Crippen molar-refractivity contribution in [3.05, 3.63) is 0 Å². The molecule has 21 heavy (non-hydrogen) atoms. The number of likely N-dealkylation sites (N-methyl/N-ethyl adjacent to an activating group) is 1. The molecule has 0 bridgehead atoms. The first-order valence-corrected chi connectivity index (χ1v) is 9.92. The number of hydrogen-bond donors (Lipinski definition) is 1. The van der Waals surface area contributed by atoms with Gasteiger partial charge in [0, 0.05) is 32.2 Å². The third kappa shape index (κ3) is 4.18. The molecule has 0 radical (unpaired) electrons. The summed E-state index contributed by atoms with van der Waals surface area (Å²) in [5.41, 5.74) is 0. The van der Waals surface area contributed by atoms with Gasteiger partial charge in [0.15, 0.2) is 0 Å². The zero-order valence-electron chi connectivity index (χ0n) is 13.6. The molecule has 0 aromatic rings. The van der Waals surface area contributed by atoms with Crippen molar-refractivity contribution in [3.63, 3.8) is 0 Å². The summed E-state index contributed by atoms with van der Waals surface area (Å²) in [7, 11) is -1.53. The first-order valence-electron chi connectivity index (χ1n) is 8.53. The monoisotopic (exact) mass is 317 g/mol. The van der Waals surface area contributed by atoms with E-state index in [9.17, 15) is 8.42 Å². The Kier molecular flexibility index (Phi) is 6.47. The third-order valence-electron chi connectivity index (χ3n) is 4.95. The van der Waals surface area contributed by atoms with Crippen LogP contribution in [0.4, 0.5) is 0 Å². The molecule has 2 fully saturated rings. The van der Waals surface area contributed by atoms with Gasteiger partial charge in [0.05, 0.1) is 0 Å². The van der Waals surface area contributed by atoms with Gasteiger partial charge in [-0.3, -0.25) is 0 Å². The molecule has 1 atom stereocenters. The van der Waals surface area contributed by atoms with Crippen LogP contribution in [0.5, 0.6) is 0 Å². The second-order valence-corrected chi connectivity index (χ2v) is 8.32. The first-order chi connectivity index (χ1) is 10.1. The van der Waals surface area contributed by atoms with Crippen molar-refractivity contribution in [2.75, 3.05) is 26.7 Å². The summed E-state index contributed by atoms with van der Waals surface area (Å²) in [6.45, 7) is 4.41. The highest BCUT2D eigenvalue weighted by molar-refractivity contribution is 7.86. The fraction of sp³-hybridized carbons (Fsp3) is 1.00. The van der Waals surface area contributed by atoms with Crippen LogP contribution >= 0.6 is 0 Å². The minimum atomic E-state index is -3.31. The molecule has 1 aliphatic heterocycles. The van der Waals surface area contributed by atoms with Crippen LogP contribution in [0.2, 0.25) is 0 Å². The molecule has 0 spiro atoms. The van der Waals surface area contributed by atoms with Crippen molar-refractivity contribution < 1.29 is 8.42 Å². The fourth-order valence-corrected chi connectivity index (χ4v) is 5.43. The molecule has 0 amide bonds. The molecule has 0 aromatic carbocycles. The van der Waals surface area contributed by atoms with Gasteiger partial charge in [-0.25, -0.2) is 0 Å². The topological polar surface area (TPSA) is 52.7 Å². The Bertz CT molecular complexity index is 407. The molecule has 2 aliphatic rings. The van der Waals surface area contributed by atoms with Gasteiger partial charge in [0.25, 0.3) is 10.2 Å². The maximum absolute atomic E-state index is 13.0. The van der Waals surface area contributed by atoms with Crippen LogP contribution in [0.1, 0.15) is 58.3 Å². The molecular weight excluding hydrogens is 286 g/mol. The Hall–Kier alpha value is -0.170. The van der Waals surface area contributed by atoms with Crippen LogP contribution in [0.3, 0.4) is 0 Å². The van der Waals surface area contributed by atoms with E-state index in [4.69, 9.17) is 0 Å². The van der Waals surface area contributed by atoms with E-state index in [2.05, 4.69) is 12.2 Å². The quantitative estimate of drug-likeness (QED) is 0.815. The van der Waals surface area contributed by atoms with Gasteiger partial charge in [0.2, 0.25) is 0 Å². The molecule has 5 nitrogen and oxygen atoms in total. The standard InChI is InChI=1S/C15H31N3O2S/c1-3-16-13-15-11-7-8-12-18(15)21(19,20)17(2)14-9-5-4-6-10-14/h14-16H,3-13H2,1-2H3. The smallest absolute Gasteiger partial charge is 0.282 e. The van der Waals surface area contributed by atoms with Gasteiger partial charge in [-0.05, 0) is 32.2 Å². The highest BCUT2D eigenvalue weighted by Gasteiger charge is 2.37. The molecule has 1 heterocycles. The lowest BCUT2D eigenvalue weighted by Gasteiger charge is -2.40. The number of nitrogens with zero attached hydrogens (tertiary/aromatic N) is 2.